The van der Waals surface area contributed by atoms with Crippen molar-refractivity contribution in [2.24, 2.45) is 0 Å². The Balaban J connectivity index is 2.11. The number of fused-ring (bicyclic) bond motifs is 4. The van der Waals surface area contributed by atoms with Crippen LogP contribution in [-0.4, -0.2) is 14.9 Å². The Morgan fingerprint density at radius 2 is 1.95 bits per heavy atom. The van der Waals surface area contributed by atoms with Gasteiger partial charge in [-0.05, 0) is 36.1 Å². The van der Waals surface area contributed by atoms with Crippen molar-refractivity contribution in [2.45, 2.75) is 32.6 Å². The largest absolute Gasteiger partial charge is 0.294 e. The fourth-order valence-electron chi connectivity index (χ4n) is 3.74. The van der Waals surface area contributed by atoms with Crippen molar-refractivity contribution < 1.29 is 9.00 Å². The van der Waals surface area contributed by atoms with Gasteiger partial charge in [0.1, 0.15) is 0 Å². The topological polar surface area (TPSA) is 34.1 Å². The number of allylic oxidation sites excluding steroid dienone is 2. The number of hydrogen-bond donors (Lipinski definition) is 0. The van der Waals surface area contributed by atoms with Gasteiger partial charge in [-0.3, -0.25) is 4.79 Å². The molecule has 2 aromatic carbocycles. The minimum absolute atomic E-state index is 0.240. The predicted molar refractivity (Wildman–Crippen MR) is 91.3 cm³/mol. The maximum atomic E-state index is 12.4. The second-order valence-electron chi connectivity index (χ2n) is 6.15. The molecule has 0 fully saturated rings. The molecule has 0 saturated carbocycles. The van der Waals surface area contributed by atoms with Crippen molar-refractivity contribution in [3.8, 4) is 0 Å². The molecule has 0 radical (unpaired) electrons. The summed E-state index contributed by atoms with van der Waals surface area (Å²) in [5.74, 6) is 0.240. The molecule has 0 aromatic heterocycles. The molecule has 110 valence electrons. The standard InChI is InChI=1S/C19H16O2S/c1-11-5-7-14-12(9-11)6-8-15-18-13(3-2-4-16(18)20)10-17(22-21)19(14)15/h5-9H,2-4,10H2,1H3. The van der Waals surface area contributed by atoms with Crippen LogP contribution in [0.4, 0.5) is 0 Å². The van der Waals surface area contributed by atoms with Gasteiger partial charge in [0.25, 0.3) is 0 Å². The molecule has 0 amide bonds. The fourth-order valence-corrected chi connectivity index (χ4v) is 4.27. The average Bonchev–Trinajstić information content (AvgIpc) is 2.53. The summed E-state index contributed by atoms with van der Waals surface area (Å²) in [6, 6.07) is 10.4. The van der Waals surface area contributed by atoms with Crippen LogP contribution in [0.1, 0.15) is 42.4 Å². The molecular weight excluding hydrogens is 292 g/mol. The second kappa shape index (κ2) is 5.03. The Morgan fingerprint density at radius 1 is 1.09 bits per heavy atom. The van der Waals surface area contributed by atoms with E-state index in [4.69, 9.17) is 0 Å². The highest BCUT2D eigenvalue weighted by atomic mass is 32.1. The molecule has 0 unspecified atom stereocenters. The molecule has 0 aliphatic heterocycles. The third kappa shape index (κ3) is 1.92. The molecule has 2 aliphatic carbocycles. The van der Waals surface area contributed by atoms with Crippen LogP contribution in [0.2, 0.25) is 0 Å². The van der Waals surface area contributed by atoms with E-state index in [0.29, 0.717) is 24.1 Å². The molecule has 2 aromatic rings. The van der Waals surface area contributed by atoms with E-state index in [9.17, 15) is 9.00 Å². The third-order valence-electron chi connectivity index (χ3n) is 4.71. The number of aryl methyl sites for hydroxylation is 1. The van der Waals surface area contributed by atoms with E-state index in [1.165, 1.54) is 5.56 Å². The summed E-state index contributed by atoms with van der Waals surface area (Å²) < 4.78 is 11.7. The number of carbonyl (C=O) groups excluding carboxylic acids is 1. The molecule has 4 rings (SSSR count). The molecule has 0 saturated heterocycles. The van der Waals surface area contributed by atoms with Crippen LogP contribution >= 0.6 is 0 Å². The Kier molecular flexibility index (Phi) is 3.12. The van der Waals surface area contributed by atoms with Crippen LogP contribution in [0.25, 0.3) is 16.3 Å². The average molecular weight is 308 g/mol. The van der Waals surface area contributed by atoms with E-state index in [1.54, 1.807) is 0 Å². The van der Waals surface area contributed by atoms with E-state index in [-0.39, 0.29) is 5.78 Å². The normalized spacial score (nSPS) is 17.5. The first kappa shape index (κ1) is 13.6. The summed E-state index contributed by atoms with van der Waals surface area (Å²) in [5, 5.41) is 2.23. The summed E-state index contributed by atoms with van der Waals surface area (Å²) in [6.45, 7) is 2.07. The summed E-state index contributed by atoms with van der Waals surface area (Å²) in [6.07, 6.45) is 3.13. The van der Waals surface area contributed by atoms with Crippen molar-refractivity contribution in [1.29, 1.82) is 0 Å². The Labute approximate surface area is 132 Å². The van der Waals surface area contributed by atoms with Crippen molar-refractivity contribution in [1.82, 2.24) is 0 Å². The van der Waals surface area contributed by atoms with Crippen LogP contribution in [-0.2, 0) is 16.1 Å². The zero-order chi connectivity index (χ0) is 15.3. The van der Waals surface area contributed by atoms with E-state index >= 15 is 0 Å². The summed E-state index contributed by atoms with van der Waals surface area (Å²) in [7, 11) is 0. The molecule has 2 nitrogen and oxygen atoms in total. The van der Waals surface area contributed by atoms with Crippen LogP contribution < -0.4 is 0 Å². The fraction of sp³-hybridized carbons (Fsp3) is 0.263. The summed E-state index contributed by atoms with van der Waals surface area (Å²) in [4.78, 5) is 13.3. The lowest BCUT2D eigenvalue weighted by molar-refractivity contribution is -0.114. The number of ketones is 1. The van der Waals surface area contributed by atoms with Crippen molar-refractivity contribution in [3.63, 3.8) is 0 Å². The lowest BCUT2D eigenvalue weighted by Crippen LogP contribution is -2.21. The van der Waals surface area contributed by atoms with Gasteiger partial charge in [0.05, 0.1) is 16.1 Å². The SMILES string of the molecule is Cc1ccc2c3c(ccc2c1)C1=C(CCCC1=O)CC3=S=O. The third-order valence-corrected chi connectivity index (χ3v) is 5.26. The highest BCUT2D eigenvalue weighted by Gasteiger charge is 2.30. The quantitative estimate of drug-likeness (QED) is 0.694. The lowest BCUT2D eigenvalue weighted by atomic mass is 9.76. The minimum atomic E-state index is 0.240. The Hall–Kier alpha value is -2.00. The zero-order valence-electron chi connectivity index (χ0n) is 12.4. The second-order valence-corrected chi connectivity index (χ2v) is 6.81. The van der Waals surface area contributed by atoms with Gasteiger partial charge in [0.2, 0.25) is 0 Å². The van der Waals surface area contributed by atoms with E-state index < -0.39 is 0 Å². The van der Waals surface area contributed by atoms with E-state index in [2.05, 4.69) is 31.2 Å². The monoisotopic (exact) mass is 308 g/mol. The maximum Gasteiger partial charge on any atom is 0.163 e. The van der Waals surface area contributed by atoms with E-state index in [1.807, 2.05) is 6.07 Å². The van der Waals surface area contributed by atoms with Gasteiger partial charge in [-0.2, -0.15) is 0 Å². The number of hydrogen-bond acceptors (Lipinski definition) is 2. The van der Waals surface area contributed by atoms with Crippen molar-refractivity contribution in [2.75, 3.05) is 0 Å². The van der Waals surface area contributed by atoms with Crippen LogP contribution in [0.3, 0.4) is 0 Å². The number of benzene rings is 2. The number of rotatable bonds is 0. The van der Waals surface area contributed by atoms with Gasteiger partial charge in [0, 0.05) is 24.0 Å². The van der Waals surface area contributed by atoms with Crippen LogP contribution in [0.15, 0.2) is 35.9 Å². The molecule has 3 heteroatoms. The van der Waals surface area contributed by atoms with Gasteiger partial charge in [0.15, 0.2) is 5.78 Å². The first-order valence-corrected chi connectivity index (χ1v) is 8.38. The summed E-state index contributed by atoms with van der Waals surface area (Å²) in [5.41, 5.74) is 5.22. The molecule has 0 N–H and O–H groups in total. The Morgan fingerprint density at radius 3 is 2.77 bits per heavy atom. The van der Waals surface area contributed by atoms with E-state index in [0.717, 1.165) is 50.8 Å². The maximum absolute atomic E-state index is 12.4. The smallest absolute Gasteiger partial charge is 0.163 e. The van der Waals surface area contributed by atoms with Gasteiger partial charge in [-0.25, -0.2) is 4.21 Å². The molecule has 0 bridgehead atoms. The van der Waals surface area contributed by atoms with Gasteiger partial charge < -0.3 is 0 Å². The van der Waals surface area contributed by atoms with Gasteiger partial charge in [-0.15, -0.1) is 0 Å². The predicted octanol–water partition coefficient (Wildman–Crippen LogP) is 3.79. The minimum Gasteiger partial charge on any atom is -0.294 e. The van der Waals surface area contributed by atoms with Gasteiger partial charge in [-0.1, -0.05) is 41.5 Å². The number of Topliss-reactive ketones (excluding diaryl/α,β-unsaturated/α-hetero) is 1. The molecular formula is C19H16O2S. The zero-order valence-corrected chi connectivity index (χ0v) is 13.3. The van der Waals surface area contributed by atoms with Crippen molar-refractivity contribution >= 4 is 38.2 Å². The molecule has 22 heavy (non-hydrogen) atoms. The van der Waals surface area contributed by atoms with Crippen LogP contribution in [0.5, 0.6) is 0 Å². The lowest BCUT2D eigenvalue weighted by Gasteiger charge is -2.27. The Bertz CT molecular complexity index is 914. The van der Waals surface area contributed by atoms with Crippen LogP contribution in [0, 0.1) is 6.92 Å². The van der Waals surface area contributed by atoms with Gasteiger partial charge >= 0.3 is 0 Å². The van der Waals surface area contributed by atoms with Crippen molar-refractivity contribution in [3.05, 3.63) is 52.6 Å². The molecule has 0 spiro atoms. The summed E-state index contributed by atoms with van der Waals surface area (Å²) >= 11 is 0.586. The first-order chi connectivity index (χ1) is 10.7. The highest BCUT2D eigenvalue weighted by molar-refractivity contribution is 7.67. The molecule has 0 atom stereocenters. The molecule has 2 aliphatic rings. The first-order valence-electron chi connectivity index (χ1n) is 7.64. The number of carbonyl (C=O) groups is 1. The highest BCUT2D eigenvalue weighted by Crippen LogP contribution is 2.40. The molecule has 0 heterocycles.